The van der Waals surface area contributed by atoms with Gasteiger partial charge in [-0.05, 0) is 31.1 Å². The normalized spacial score (nSPS) is 28.7. The standard InChI is InChI=1S/C12H21N3S.ClH/c1-8-3-9(2)5-10(4-8)14-6-11-7-15-12(13)16-11;/h7-10,14H,3-6H2,1-2H3,(H2,13,15);1H. The topological polar surface area (TPSA) is 50.9 Å². The van der Waals surface area contributed by atoms with Crippen molar-refractivity contribution < 1.29 is 0 Å². The molecular weight excluding hydrogens is 254 g/mol. The zero-order valence-corrected chi connectivity index (χ0v) is 12.1. The second-order valence-corrected chi connectivity index (χ2v) is 6.31. The van der Waals surface area contributed by atoms with E-state index in [2.05, 4.69) is 24.1 Å². The number of halogens is 1. The number of nitrogen functional groups attached to an aromatic ring is 1. The quantitative estimate of drug-likeness (QED) is 0.891. The molecule has 98 valence electrons. The van der Waals surface area contributed by atoms with Crippen molar-refractivity contribution >= 4 is 28.9 Å². The van der Waals surface area contributed by atoms with Crippen molar-refractivity contribution in [1.29, 1.82) is 0 Å². The van der Waals surface area contributed by atoms with E-state index in [1.54, 1.807) is 11.3 Å². The summed E-state index contributed by atoms with van der Waals surface area (Å²) in [4.78, 5) is 5.31. The van der Waals surface area contributed by atoms with Gasteiger partial charge in [-0.1, -0.05) is 13.8 Å². The SMILES string of the molecule is CC1CC(C)CC(NCc2cnc(N)s2)C1.Cl. The van der Waals surface area contributed by atoms with E-state index in [-0.39, 0.29) is 12.4 Å². The third kappa shape index (κ3) is 4.45. The average Bonchev–Trinajstić information content (AvgIpc) is 2.60. The van der Waals surface area contributed by atoms with E-state index >= 15 is 0 Å². The second kappa shape index (κ2) is 6.57. The summed E-state index contributed by atoms with van der Waals surface area (Å²) in [7, 11) is 0. The number of nitrogens with two attached hydrogens (primary N) is 1. The lowest BCUT2D eigenvalue weighted by atomic mass is 9.80. The Labute approximate surface area is 114 Å². The number of thiazole rings is 1. The number of aromatic nitrogens is 1. The van der Waals surface area contributed by atoms with Crippen LogP contribution in [-0.2, 0) is 6.54 Å². The molecular formula is C12H22ClN3S. The zero-order chi connectivity index (χ0) is 11.5. The highest BCUT2D eigenvalue weighted by molar-refractivity contribution is 7.15. The molecule has 2 unspecified atom stereocenters. The van der Waals surface area contributed by atoms with Crippen LogP contribution in [0.4, 0.5) is 5.13 Å². The summed E-state index contributed by atoms with van der Waals surface area (Å²) in [5, 5.41) is 4.30. The number of anilines is 1. The minimum Gasteiger partial charge on any atom is -0.375 e. The first-order valence-electron chi connectivity index (χ1n) is 6.07. The summed E-state index contributed by atoms with van der Waals surface area (Å²) in [5.74, 6) is 1.71. The van der Waals surface area contributed by atoms with E-state index in [9.17, 15) is 0 Å². The van der Waals surface area contributed by atoms with Crippen LogP contribution in [0.25, 0.3) is 0 Å². The Morgan fingerprint density at radius 2 is 2.00 bits per heavy atom. The smallest absolute Gasteiger partial charge is 0.180 e. The van der Waals surface area contributed by atoms with Crippen molar-refractivity contribution in [2.75, 3.05) is 5.73 Å². The van der Waals surface area contributed by atoms with E-state index in [4.69, 9.17) is 5.73 Å². The van der Waals surface area contributed by atoms with Crippen molar-refractivity contribution in [1.82, 2.24) is 10.3 Å². The predicted molar refractivity (Wildman–Crippen MR) is 76.6 cm³/mol. The molecule has 3 N–H and O–H groups in total. The third-order valence-electron chi connectivity index (χ3n) is 3.31. The number of rotatable bonds is 3. The highest BCUT2D eigenvalue weighted by Gasteiger charge is 2.23. The van der Waals surface area contributed by atoms with Crippen molar-refractivity contribution in [3.05, 3.63) is 11.1 Å². The molecule has 0 aromatic carbocycles. The van der Waals surface area contributed by atoms with Gasteiger partial charge in [0.05, 0.1) is 0 Å². The summed E-state index contributed by atoms with van der Waals surface area (Å²) >= 11 is 1.58. The molecule has 1 aromatic heterocycles. The zero-order valence-electron chi connectivity index (χ0n) is 10.5. The van der Waals surface area contributed by atoms with Crippen molar-refractivity contribution in [3.8, 4) is 0 Å². The molecule has 1 aliphatic carbocycles. The first-order chi connectivity index (χ1) is 7.63. The summed E-state index contributed by atoms with van der Waals surface area (Å²) < 4.78 is 0. The molecule has 0 aliphatic heterocycles. The fourth-order valence-electron chi connectivity index (χ4n) is 2.76. The molecule has 2 atom stereocenters. The molecule has 5 heteroatoms. The van der Waals surface area contributed by atoms with Gasteiger partial charge in [-0.25, -0.2) is 4.98 Å². The molecule has 0 spiro atoms. The molecule has 3 nitrogen and oxygen atoms in total. The van der Waals surface area contributed by atoms with E-state index in [0.29, 0.717) is 11.2 Å². The van der Waals surface area contributed by atoms with Crippen LogP contribution in [0.5, 0.6) is 0 Å². The number of nitrogens with one attached hydrogen (secondary N) is 1. The monoisotopic (exact) mass is 275 g/mol. The van der Waals surface area contributed by atoms with E-state index in [0.717, 1.165) is 18.4 Å². The maximum atomic E-state index is 5.61. The molecule has 1 saturated carbocycles. The fraction of sp³-hybridized carbons (Fsp3) is 0.750. The van der Waals surface area contributed by atoms with Crippen molar-refractivity contribution in [2.45, 2.75) is 45.7 Å². The van der Waals surface area contributed by atoms with Crippen LogP contribution in [0.1, 0.15) is 38.0 Å². The van der Waals surface area contributed by atoms with E-state index < -0.39 is 0 Å². The predicted octanol–water partition coefficient (Wildman–Crippen LogP) is 3.06. The maximum absolute atomic E-state index is 5.61. The first kappa shape index (κ1) is 14.7. The molecule has 1 aromatic rings. The highest BCUT2D eigenvalue weighted by atomic mass is 35.5. The molecule has 1 aliphatic rings. The lowest BCUT2D eigenvalue weighted by Crippen LogP contribution is -2.35. The van der Waals surface area contributed by atoms with Gasteiger partial charge in [0.15, 0.2) is 5.13 Å². The van der Waals surface area contributed by atoms with Crippen LogP contribution in [-0.4, -0.2) is 11.0 Å². The third-order valence-corrected chi connectivity index (χ3v) is 4.14. The minimum absolute atomic E-state index is 0. The van der Waals surface area contributed by atoms with Gasteiger partial charge < -0.3 is 11.1 Å². The largest absolute Gasteiger partial charge is 0.375 e. The highest BCUT2D eigenvalue weighted by Crippen LogP contribution is 2.28. The van der Waals surface area contributed by atoms with Crippen LogP contribution in [0, 0.1) is 11.8 Å². The van der Waals surface area contributed by atoms with Gasteiger partial charge in [-0.2, -0.15) is 0 Å². The maximum Gasteiger partial charge on any atom is 0.180 e. The molecule has 1 fully saturated rings. The van der Waals surface area contributed by atoms with Gasteiger partial charge >= 0.3 is 0 Å². The second-order valence-electron chi connectivity index (χ2n) is 5.16. The Morgan fingerprint density at radius 3 is 2.53 bits per heavy atom. The van der Waals surface area contributed by atoms with Crippen LogP contribution in [0.15, 0.2) is 6.20 Å². The molecule has 0 saturated heterocycles. The van der Waals surface area contributed by atoms with Crippen LogP contribution in [0.2, 0.25) is 0 Å². The van der Waals surface area contributed by atoms with Gasteiger partial charge in [-0.3, -0.25) is 0 Å². The summed E-state index contributed by atoms with van der Waals surface area (Å²) in [6.07, 6.45) is 5.87. The van der Waals surface area contributed by atoms with Crippen LogP contribution < -0.4 is 11.1 Å². The fourth-order valence-corrected chi connectivity index (χ4v) is 3.40. The summed E-state index contributed by atoms with van der Waals surface area (Å²) in [5.41, 5.74) is 5.61. The molecule has 1 heterocycles. The number of nitrogens with zero attached hydrogens (tertiary/aromatic N) is 1. The van der Waals surface area contributed by atoms with Gasteiger partial charge in [0.1, 0.15) is 0 Å². The lowest BCUT2D eigenvalue weighted by molar-refractivity contribution is 0.238. The summed E-state index contributed by atoms with van der Waals surface area (Å²) in [6, 6.07) is 0.669. The van der Waals surface area contributed by atoms with Gasteiger partial charge in [0.2, 0.25) is 0 Å². The molecule has 2 rings (SSSR count). The Hall–Kier alpha value is -0.320. The summed E-state index contributed by atoms with van der Waals surface area (Å²) in [6.45, 7) is 5.63. The van der Waals surface area contributed by atoms with Gasteiger partial charge in [0, 0.05) is 23.7 Å². The van der Waals surface area contributed by atoms with Crippen molar-refractivity contribution in [2.24, 2.45) is 11.8 Å². The Balaban J connectivity index is 0.00000144. The van der Waals surface area contributed by atoms with Gasteiger partial charge in [0.25, 0.3) is 0 Å². The van der Waals surface area contributed by atoms with Crippen LogP contribution in [0.3, 0.4) is 0 Å². The van der Waals surface area contributed by atoms with E-state index in [1.165, 1.54) is 24.1 Å². The molecule has 0 bridgehead atoms. The lowest BCUT2D eigenvalue weighted by Gasteiger charge is -2.32. The van der Waals surface area contributed by atoms with Gasteiger partial charge in [-0.15, -0.1) is 23.7 Å². The minimum atomic E-state index is 0. The van der Waals surface area contributed by atoms with E-state index in [1.807, 2.05) is 6.20 Å². The number of hydrogen-bond donors (Lipinski definition) is 2. The molecule has 0 amide bonds. The molecule has 17 heavy (non-hydrogen) atoms. The number of hydrogen-bond acceptors (Lipinski definition) is 4. The molecule has 0 radical (unpaired) electrons. The van der Waals surface area contributed by atoms with Crippen LogP contribution >= 0.6 is 23.7 Å². The average molecular weight is 276 g/mol. The Bertz CT molecular complexity index is 332. The Morgan fingerprint density at radius 1 is 1.35 bits per heavy atom. The van der Waals surface area contributed by atoms with Crippen molar-refractivity contribution in [3.63, 3.8) is 0 Å². The first-order valence-corrected chi connectivity index (χ1v) is 6.88. The Kier molecular flexibility index (Phi) is 5.70.